The lowest BCUT2D eigenvalue weighted by Crippen LogP contribution is -2.17. The standard InChI is InChI=1S/C36H38N2O5.2ClH/c1-23(2)18-31-30(20-37)35(29-16-10-24(3)11-17-29)34(25(4)38-31)36(41)43-21-27-14-12-26(13-15-27)19-33(40)42-22-32(39)28-8-6-5-7-9-28;;/h5-17,23H,18-22,37H2,1-4H3;2*1H. The van der Waals surface area contributed by atoms with E-state index in [0.717, 1.165) is 45.5 Å². The van der Waals surface area contributed by atoms with E-state index < -0.39 is 11.9 Å². The number of nitrogens with two attached hydrogens (primary N) is 1. The van der Waals surface area contributed by atoms with Gasteiger partial charge in [-0.1, -0.05) is 98.3 Å². The summed E-state index contributed by atoms with van der Waals surface area (Å²) in [6.07, 6.45) is 0.780. The third-order valence-corrected chi connectivity index (χ3v) is 7.12. The first-order chi connectivity index (χ1) is 20.7. The van der Waals surface area contributed by atoms with Gasteiger partial charge in [-0.3, -0.25) is 14.6 Å². The fraction of sp³-hybridized carbons (Fsp3) is 0.278. The lowest BCUT2D eigenvalue weighted by molar-refractivity contribution is -0.141. The van der Waals surface area contributed by atoms with Crippen LogP contribution >= 0.6 is 24.8 Å². The normalized spacial score (nSPS) is 10.4. The fourth-order valence-corrected chi connectivity index (χ4v) is 4.91. The third-order valence-electron chi connectivity index (χ3n) is 7.12. The largest absolute Gasteiger partial charge is 0.457 e. The number of benzene rings is 3. The molecule has 0 amide bonds. The molecule has 0 unspecified atom stereocenters. The van der Waals surface area contributed by atoms with Crippen molar-refractivity contribution in [3.05, 3.63) is 124 Å². The number of esters is 2. The van der Waals surface area contributed by atoms with Crippen LogP contribution < -0.4 is 5.73 Å². The van der Waals surface area contributed by atoms with Gasteiger partial charge >= 0.3 is 11.9 Å². The van der Waals surface area contributed by atoms with Crippen molar-refractivity contribution in [3.8, 4) is 11.1 Å². The van der Waals surface area contributed by atoms with Crippen molar-refractivity contribution in [3.63, 3.8) is 0 Å². The van der Waals surface area contributed by atoms with Gasteiger partial charge in [0.05, 0.1) is 17.7 Å². The predicted molar refractivity (Wildman–Crippen MR) is 181 cm³/mol. The summed E-state index contributed by atoms with van der Waals surface area (Å²) in [5, 5.41) is 0. The van der Waals surface area contributed by atoms with Crippen molar-refractivity contribution in [1.29, 1.82) is 0 Å². The Morgan fingerprint density at radius 1 is 0.822 bits per heavy atom. The Morgan fingerprint density at radius 3 is 2.04 bits per heavy atom. The Morgan fingerprint density at radius 2 is 1.44 bits per heavy atom. The number of hydrogen-bond acceptors (Lipinski definition) is 7. The molecular weight excluding hydrogens is 611 g/mol. The lowest BCUT2D eigenvalue weighted by atomic mass is 9.90. The van der Waals surface area contributed by atoms with Gasteiger partial charge in [0.25, 0.3) is 0 Å². The van der Waals surface area contributed by atoms with Gasteiger partial charge < -0.3 is 15.2 Å². The first-order valence-corrected chi connectivity index (χ1v) is 14.4. The average molecular weight is 652 g/mol. The number of nitrogens with zero attached hydrogens (tertiary/aromatic N) is 1. The molecule has 7 nitrogen and oxygen atoms in total. The van der Waals surface area contributed by atoms with E-state index in [4.69, 9.17) is 20.2 Å². The van der Waals surface area contributed by atoms with Crippen LogP contribution in [0.3, 0.4) is 0 Å². The highest BCUT2D eigenvalue weighted by Gasteiger charge is 2.25. The molecule has 0 aliphatic heterocycles. The van der Waals surface area contributed by atoms with Crippen LogP contribution in [0, 0.1) is 19.8 Å². The van der Waals surface area contributed by atoms with E-state index in [-0.39, 0.29) is 56.8 Å². The lowest BCUT2D eigenvalue weighted by Gasteiger charge is -2.20. The van der Waals surface area contributed by atoms with Gasteiger partial charge in [0.1, 0.15) is 6.61 Å². The SMILES string of the molecule is Cc1ccc(-c2c(CN)c(CC(C)C)nc(C)c2C(=O)OCc2ccc(CC(=O)OCC(=O)c3ccccc3)cc2)cc1.Cl.Cl. The van der Waals surface area contributed by atoms with Gasteiger partial charge in [-0.15, -0.1) is 24.8 Å². The Labute approximate surface area is 277 Å². The monoisotopic (exact) mass is 650 g/mol. The van der Waals surface area contributed by atoms with Crippen molar-refractivity contribution in [2.45, 2.75) is 53.7 Å². The van der Waals surface area contributed by atoms with Gasteiger partial charge in [0.15, 0.2) is 12.4 Å². The number of carbonyl (C=O) groups is 3. The van der Waals surface area contributed by atoms with Crippen LogP contribution in [-0.4, -0.2) is 29.3 Å². The van der Waals surface area contributed by atoms with Crippen LogP contribution in [0.4, 0.5) is 0 Å². The maximum Gasteiger partial charge on any atom is 0.340 e. The number of ether oxygens (including phenoxy) is 2. The van der Waals surface area contributed by atoms with Crippen molar-refractivity contribution in [2.75, 3.05) is 6.61 Å². The number of hydrogen-bond donors (Lipinski definition) is 1. The molecule has 9 heteroatoms. The van der Waals surface area contributed by atoms with E-state index >= 15 is 0 Å². The molecule has 0 bridgehead atoms. The summed E-state index contributed by atoms with van der Waals surface area (Å²) >= 11 is 0. The average Bonchev–Trinajstić information content (AvgIpc) is 2.99. The zero-order valence-electron chi connectivity index (χ0n) is 26.0. The van der Waals surface area contributed by atoms with E-state index in [9.17, 15) is 14.4 Å². The maximum absolute atomic E-state index is 13.6. The van der Waals surface area contributed by atoms with Crippen molar-refractivity contribution >= 4 is 42.5 Å². The summed E-state index contributed by atoms with van der Waals surface area (Å²) in [6, 6.07) is 23.9. The number of ketones is 1. The molecular formula is C36H40Cl2N2O5. The summed E-state index contributed by atoms with van der Waals surface area (Å²) in [5.74, 6) is -0.841. The van der Waals surface area contributed by atoms with E-state index in [1.807, 2.05) is 44.2 Å². The minimum Gasteiger partial charge on any atom is -0.457 e. The number of aryl methyl sites for hydroxylation is 2. The summed E-state index contributed by atoms with van der Waals surface area (Å²) in [4.78, 5) is 42.8. The number of pyridine rings is 1. The molecule has 0 spiro atoms. The summed E-state index contributed by atoms with van der Waals surface area (Å²) in [5.41, 5.74) is 13.8. The molecule has 4 aromatic rings. The molecule has 3 aromatic carbocycles. The second-order valence-electron chi connectivity index (χ2n) is 11.1. The molecule has 0 aliphatic carbocycles. The highest BCUT2D eigenvalue weighted by Crippen LogP contribution is 2.33. The molecule has 2 N–H and O–H groups in total. The highest BCUT2D eigenvalue weighted by atomic mass is 35.5. The van der Waals surface area contributed by atoms with Crippen molar-refractivity contribution in [1.82, 2.24) is 4.98 Å². The molecule has 0 radical (unpaired) electrons. The van der Waals surface area contributed by atoms with Gasteiger partial charge in [-0.05, 0) is 48.4 Å². The molecule has 0 fully saturated rings. The van der Waals surface area contributed by atoms with E-state index in [0.29, 0.717) is 22.7 Å². The molecule has 4 rings (SSSR count). The van der Waals surface area contributed by atoms with E-state index in [1.54, 1.807) is 48.5 Å². The van der Waals surface area contributed by atoms with E-state index in [1.165, 1.54) is 0 Å². The third kappa shape index (κ3) is 9.98. The van der Waals surface area contributed by atoms with Crippen molar-refractivity contribution in [2.24, 2.45) is 11.7 Å². The fourth-order valence-electron chi connectivity index (χ4n) is 4.91. The van der Waals surface area contributed by atoms with Crippen LogP contribution in [0.5, 0.6) is 0 Å². The summed E-state index contributed by atoms with van der Waals surface area (Å²) in [7, 11) is 0. The number of carbonyl (C=O) groups excluding carboxylic acids is 3. The number of Topliss-reactive ketones (excluding diaryl/α,β-unsaturated/α-hetero) is 1. The first kappa shape index (κ1) is 37.1. The zero-order valence-corrected chi connectivity index (χ0v) is 27.6. The minimum absolute atomic E-state index is 0. The molecule has 45 heavy (non-hydrogen) atoms. The van der Waals surface area contributed by atoms with Crippen LogP contribution in [0.15, 0.2) is 78.9 Å². The molecule has 238 valence electrons. The van der Waals surface area contributed by atoms with Gasteiger partial charge in [-0.25, -0.2) is 4.79 Å². The highest BCUT2D eigenvalue weighted by molar-refractivity contribution is 5.99. The second kappa shape index (κ2) is 17.4. The van der Waals surface area contributed by atoms with Crippen LogP contribution in [0.25, 0.3) is 11.1 Å². The molecule has 0 aliphatic rings. The molecule has 1 heterocycles. The second-order valence-corrected chi connectivity index (χ2v) is 11.1. The van der Waals surface area contributed by atoms with E-state index in [2.05, 4.69) is 13.8 Å². The number of aromatic nitrogens is 1. The number of halogens is 2. The topological polar surface area (TPSA) is 109 Å². The van der Waals surface area contributed by atoms with Gasteiger partial charge in [-0.2, -0.15) is 0 Å². The molecule has 0 saturated carbocycles. The Hall–Kier alpha value is -4.04. The maximum atomic E-state index is 13.6. The zero-order chi connectivity index (χ0) is 30.9. The molecule has 1 aromatic heterocycles. The first-order valence-electron chi connectivity index (χ1n) is 14.4. The Bertz CT molecular complexity index is 1590. The smallest absolute Gasteiger partial charge is 0.340 e. The van der Waals surface area contributed by atoms with Crippen LogP contribution in [0.2, 0.25) is 0 Å². The Kier molecular flexibility index (Phi) is 14.4. The van der Waals surface area contributed by atoms with Gasteiger partial charge in [0, 0.05) is 23.4 Å². The quantitative estimate of drug-likeness (QED) is 0.128. The molecule has 0 atom stereocenters. The summed E-state index contributed by atoms with van der Waals surface area (Å²) < 4.78 is 10.9. The predicted octanol–water partition coefficient (Wildman–Crippen LogP) is 7.19. The minimum atomic E-state index is -0.494. The van der Waals surface area contributed by atoms with Crippen molar-refractivity contribution < 1.29 is 23.9 Å². The van der Waals surface area contributed by atoms with Crippen LogP contribution in [-0.2, 0) is 40.3 Å². The molecule has 0 saturated heterocycles. The summed E-state index contributed by atoms with van der Waals surface area (Å²) in [6.45, 7) is 8.11. The van der Waals surface area contributed by atoms with Crippen LogP contribution in [0.1, 0.15) is 68.2 Å². The Balaban J connectivity index is 0.00000353. The number of rotatable bonds is 12. The van der Waals surface area contributed by atoms with Gasteiger partial charge in [0.2, 0.25) is 0 Å².